The zero-order valence-electron chi connectivity index (χ0n) is 19.5. The zero-order valence-corrected chi connectivity index (χ0v) is 21.1. The lowest BCUT2D eigenvalue weighted by molar-refractivity contribution is -0.0740. The molecule has 2 atom stereocenters. The van der Waals surface area contributed by atoms with Gasteiger partial charge in [-0.25, -0.2) is 14.5 Å². The number of para-hydroxylation sites is 1. The molecule has 1 amide bonds. The third-order valence-electron chi connectivity index (χ3n) is 5.54. The van der Waals surface area contributed by atoms with Crippen LogP contribution in [0.25, 0.3) is 11.1 Å². The van der Waals surface area contributed by atoms with Crippen LogP contribution in [-0.4, -0.2) is 32.3 Å². The second kappa shape index (κ2) is 11.2. The van der Waals surface area contributed by atoms with E-state index in [1.165, 1.54) is 6.33 Å². The van der Waals surface area contributed by atoms with E-state index in [9.17, 15) is 4.79 Å². The van der Waals surface area contributed by atoms with Crippen molar-refractivity contribution in [3.63, 3.8) is 0 Å². The van der Waals surface area contributed by atoms with Crippen LogP contribution < -0.4 is 10.1 Å². The molecule has 7 nitrogen and oxygen atoms in total. The van der Waals surface area contributed by atoms with Crippen molar-refractivity contribution in [3.8, 4) is 16.9 Å². The van der Waals surface area contributed by atoms with Crippen molar-refractivity contribution in [1.29, 1.82) is 0 Å². The fourth-order valence-electron chi connectivity index (χ4n) is 3.56. The smallest absolute Gasteiger partial charge is 0.412 e. The second-order valence-corrected chi connectivity index (χ2v) is 9.27. The first-order chi connectivity index (χ1) is 17.0. The number of hydrogen-bond acceptors (Lipinski definition) is 5. The van der Waals surface area contributed by atoms with E-state index in [1.807, 2.05) is 74.5 Å². The minimum atomic E-state index is -0.755. The van der Waals surface area contributed by atoms with E-state index < -0.39 is 23.8 Å². The van der Waals surface area contributed by atoms with Crippen LogP contribution >= 0.6 is 15.9 Å². The number of carbonyl (C=O) groups excluding carboxylic acids is 1. The van der Waals surface area contributed by atoms with Gasteiger partial charge in [-0.3, -0.25) is 5.32 Å². The standard InChI is InChI=1S/C27H27BrN4O3/c1-27(2,17-28)24(35-26(33)31-22-11-7-4-8-12-22)25(32-19-29-18-30-32)34-23-15-13-21(14-16-23)20-9-5-3-6-10-20/h3-16,18-19,24-25H,17H2,1-2H3,(H,31,33). The Hall–Kier alpha value is -3.65. The lowest BCUT2D eigenvalue weighted by Gasteiger charge is -2.37. The molecule has 35 heavy (non-hydrogen) atoms. The third kappa shape index (κ3) is 6.27. The van der Waals surface area contributed by atoms with Gasteiger partial charge >= 0.3 is 6.09 Å². The molecule has 0 radical (unpaired) electrons. The van der Waals surface area contributed by atoms with Crippen LogP contribution in [0.3, 0.4) is 0 Å². The van der Waals surface area contributed by atoms with Gasteiger partial charge in [-0.05, 0) is 35.4 Å². The number of nitrogens with one attached hydrogen (secondary N) is 1. The summed E-state index contributed by atoms with van der Waals surface area (Å²) in [4.78, 5) is 16.9. The van der Waals surface area contributed by atoms with Crippen LogP contribution in [0.15, 0.2) is 97.6 Å². The Balaban J connectivity index is 1.60. The van der Waals surface area contributed by atoms with Crippen molar-refractivity contribution in [2.75, 3.05) is 10.6 Å². The molecule has 0 aliphatic heterocycles. The first-order valence-corrected chi connectivity index (χ1v) is 12.3. The first kappa shape index (κ1) is 24.5. The highest BCUT2D eigenvalue weighted by Gasteiger charge is 2.41. The van der Waals surface area contributed by atoms with Gasteiger partial charge in [0.1, 0.15) is 18.4 Å². The van der Waals surface area contributed by atoms with E-state index in [0.717, 1.165) is 11.1 Å². The molecular weight excluding hydrogens is 508 g/mol. The summed E-state index contributed by atoms with van der Waals surface area (Å²) in [5.74, 6) is 0.618. The summed E-state index contributed by atoms with van der Waals surface area (Å²) < 4.78 is 13.9. The summed E-state index contributed by atoms with van der Waals surface area (Å²) in [5.41, 5.74) is 2.33. The summed E-state index contributed by atoms with van der Waals surface area (Å²) >= 11 is 3.57. The third-order valence-corrected chi connectivity index (χ3v) is 6.99. The Labute approximate surface area is 213 Å². The van der Waals surface area contributed by atoms with Gasteiger partial charge in [-0.2, -0.15) is 5.10 Å². The van der Waals surface area contributed by atoms with Gasteiger partial charge in [0.2, 0.25) is 6.23 Å². The number of alkyl halides is 1. The molecule has 2 unspecified atom stereocenters. The number of halogens is 1. The molecule has 0 saturated heterocycles. The monoisotopic (exact) mass is 534 g/mol. The number of ether oxygens (including phenoxy) is 2. The molecule has 0 spiro atoms. The van der Waals surface area contributed by atoms with Crippen molar-refractivity contribution >= 4 is 27.7 Å². The number of aromatic nitrogens is 3. The number of amides is 1. The highest BCUT2D eigenvalue weighted by Crippen LogP contribution is 2.35. The maximum absolute atomic E-state index is 12.9. The van der Waals surface area contributed by atoms with Crippen molar-refractivity contribution in [2.45, 2.75) is 26.2 Å². The van der Waals surface area contributed by atoms with Gasteiger partial charge in [-0.15, -0.1) is 0 Å². The van der Waals surface area contributed by atoms with Gasteiger partial charge in [-0.1, -0.05) is 90.4 Å². The van der Waals surface area contributed by atoms with Crippen molar-refractivity contribution < 1.29 is 14.3 Å². The van der Waals surface area contributed by atoms with Crippen LogP contribution in [0.4, 0.5) is 10.5 Å². The fourth-order valence-corrected chi connectivity index (χ4v) is 3.88. The Morgan fingerprint density at radius 1 is 0.971 bits per heavy atom. The van der Waals surface area contributed by atoms with Gasteiger partial charge in [0.05, 0.1) is 0 Å². The van der Waals surface area contributed by atoms with E-state index in [1.54, 1.807) is 23.1 Å². The van der Waals surface area contributed by atoms with E-state index in [0.29, 0.717) is 16.8 Å². The van der Waals surface area contributed by atoms with E-state index in [-0.39, 0.29) is 0 Å². The molecule has 180 valence electrons. The minimum Gasteiger partial charge on any atom is -0.465 e. The number of nitrogens with zero attached hydrogens (tertiary/aromatic N) is 3. The molecule has 0 aliphatic carbocycles. The van der Waals surface area contributed by atoms with Crippen LogP contribution in [-0.2, 0) is 4.74 Å². The largest absolute Gasteiger partial charge is 0.465 e. The number of benzene rings is 3. The van der Waals surface area contributed by atoms with Crippen molar-refractivity contribution in [1.82, 2.24) is 14.8 Å². The molecule has 0 saturated carbocycles. The lowest BCUT2D eigenvalue weighted by atomic mass is 9.87. The molecule has 1 heterocycles. The summed E-state index contributed by atoms with van der Waals surface area (Å²) in [6, 6.07) is 27.1. The molecule has 0 bridgehead atoms. The fraction of sp³-hybridized carbons (Fsp3) is 0.222. The predicted molar refractivity (Wildman–Crippen MR) is 139 cm³/mol. The van der Waals surface area contributed by atoms with E-state index in [4.69, 9.17) is 9.47 Å². The normalized spacial score (nSPS) is 13.0. The SMILES string of the molecule is CC(C)(CBr)C(OC(=O)Nc1ccccc1)C(Oc1ccc(-c2ccccc2)cc1)n1cncn1. The summed E-state index contributed by atoms with van der Waals surface area (Å²) in [5, 5.41) is 7.63. The second-order valence-electron chi connectivity index (χ2n) is 8.71. The van der Waals surface area contributed by atoms with Crippen LogP contribution in [0.1, 0.15) is 20.1 Å². The molecule has 3 aromatic carbocycles. The quantitative estimate of drug-likeness (QED) is 0.246. The predicted octanol–water partition coefficient (Wildman–Crippen LogP) is 6.56. The summed E-state index contributed by atoms with van der Waals surface area (Å²) in [6.07, 6.45) is 0.939. The average molecular weight is 535 g/mol. The maximum Gasteiger partial charge on any atom is 0.412 e. The van der Waals surface area contributed by atoms with E-state index >= 15 is 0 Å². The van der Waals surface area contributed by atoms with Crippen molar-refractivity contribution in [3.05, 3.63) is 97.6 Å². The average Bonchev–Trinajstić information content (AvgIpc) is 3.42. The van der Waals surface area contributed by atoms with Crippen molar-refractivity contribution in [2.24, 2.45) is 5.41 Å². The van der Waals surface area contributed by atoms with Gasteiger partial charge < -0.3 is 9.47 Å². The zero-order chi connectivity index (χ0) is 24.7. The Bertz CT molecular complexity index is 1200. The highest BCUT2D eigenvalue weighted by molar-refractivity contribution is 9.09. The molecule has 0 aliphatic rings. The Morgan fingerprint density at radius 2 is 1.60 bits per heavy atom. The molecule has 0 fully saturated rings. The number of carbonyl (C=O) groups is 1. The van der Waals surface area contributed by atoms with Crippen LogP contribution in [0.5, 0.6) is 5.75 Å². The lowest BCUT2D eigenvalue weighted by Crippen LogP contribution is -2.45. The maximum atomic E-state index is 12.9. The number of rotatable bonds is 9. The molecule has 8 heteroatoms. The first-order valence-electron chi connectivity index (χ1n) is 11.2. The number of hydrogen-bond donors (Lipinski definition) is 1. The van der Waals surface area contributed by atoms with Gasteiger partial charge in [0.25, 0.3) is 0 Å². The Morgan fingerprint density at radius 3 is 2.20 bits per heavy atom. The van der Waals surface area contributed by atoms with Gasteiger partial charge in [0, 0.05) is 16.4 Å². The molecule has 1 N–H and O–H groups in total. The molecule has 1 aromatic heterocycles. The van der Waals surface area contributed by atoms with Crippen LogP contribution in [0, 0.1) is 5.41 Å². The topological polar surface area (TPSA) is 78.3 Å². The minimum absolute atomic E-state index is 0.505. The summed E-state index contributed by atoms with van der Waals surface area (Å²) in [6.45, 7) is 3.99. The molecule has 4 aromatic rings. The highest BCUT2D eigenvalue weighted by atomic mass is 79.9. The van der Waals surface area contributed by atoms with Crippen LogP contribution in [0.2, 0.25) is 0 Å². The Kier molecular flexibility index (Phi) is 7.82. The summed E-state index contributed by atoms with van der Waals surface area (Å²) in [7, 11) is 0. The number of anilines is 1. The van der Waals surface area contributed by atoms with E-state index in [2.05, 4.69) is 43.5 Å². The molecular formula is C27H27BrN4O3. The van der Waals surface area contributed by atoms with Gasteiger partial charge in [0.15, 0.2) is 6.10 Å². The molecule has 4 rings (SSSR count).